The van der Waals surface area contributed by atoms with Crippen LogP contribution in [-0.4, -0.2) is 147 Å². The number of aromatic nitrogens is 4. The molecule has 3 atom stereocenters. The summed E-state index contributed by atoms with van der Waals surface area (Å²) >= 11 is 1.43. The highest BCUT2D eigenvalue weighted by atomic mass is 32.1. The number of carboxylic acid groups (broad SMARTS) is 1. The monoisotopic (exact) mass is 1110 g/mol. The Hall–Kier alpha value is -7.74. The molecule has 4 amide bonds. The second-order valence-corrected chi connectivity index (χ2v) is 24.3. The van der Waals surface area contributed by atoms with Gasteiger partial charge in [0.05, 0.1) is 46.2 Å². The first-order valence-corrected chi connectivity index (χ1v) is 29.1. The molecule has 4 aromatic carbocycles. The molecule has 3 aromatic heterocycles. The number of imide groups is 1. The highest BCUT2D eigenvalue weighted by Crippen LogP contribution is 2.41. The van der Waals surface area contributed by atoms with E-state index in [-0.39, 0.29) is 41.4 Å². The number of aryl methyl sites for hydroxylation is 2. The Morgan fingerprint density at radius 3 is 2.37 bits per heavy atom. The Balaban J connectivity index is 0.684. The number of rotatable bonds is 14. The predicted molar refractivity (Wildman–Crippen MR) is 316 cm³/mol. The van der Waals surface area contributed by atoms with Crippen LogP contribution in [0.4, 0.5) is 16.6 Å². The van der Waals surface area contributed by atoms with E-state index in [1.807, 2.05) is 96.3 Å². The van der Waals surface area contributed by atoms with E-state index in [4.69, 9.17) is 14.8 Å². The Kier molecular flexibility index (Phi) is 15.4. The summed E-state index contributed by atoms with van der Waals surface area (Å²) in [5, 5.41) is 22.6. The highest BCUT2D eigenvalue weighted by molar-refractivity contribution is 7.22. The molecule has 11 rings (SSSR count). The second kappa shape index (κ2) is 22.7. The Labute approximate surface area is 476 Å². The van der Waals surface area contributed by atoms with Crippen LogP contribution in [0, 0.1) is 6.92 Å². The number of nitrogens with one attached hydrogen (secondary N) is 2. The van der Waals surface area contributed by atoms with Gasteiger partial charge >= 0.3 is 5.97 Å². The number of piperazine rings is 2. The van der Waals surface area contributed by atoms with Crippen LogP contribution >= 0.6 is 11.3 Å². The summed E-state index contributed by atoms with van der Waals surface area (Å²) in [5.74, 6) is -0.962. The molecular weight excluding hydrogens is 1040 g/mol. The maximum absolute atomic E-state index is 13.9. The summed E-state index contributed by atoms with van der Waals surface area (Å²) in [6, 6.07) is 27.9. The number of thiazole rings is 1. The molecule has 0 saturated carbocycles. The number of carboxylic acids is 1. The fourth-order valence-electron chi connectivity index (χ4n) is 12.5. The summed E-state index contributed by atoms with van der Waals surface area (Å²) in [5.41, 5.74) is 8.65. The number of amides is 4. The van der Waals surface area contributed by atoms with Crippen molar-refractivity contribution < 1.29 is 33.8 Å². The van der Waals surface area contributed by atoms with Gasteiger partial charge in [0.1, 0.15) is 11.6 Å². The van der Waals surface area contributed by atoms with Crippen LogP contribution in [0.25, 0.3) is 32.2 Å². The number of piperidine rings is 1. The van der Waals surface area contributed by atoms with E-state index < -0.39 is 17.3 Å². The lowest BCUT2D eigenvalue weighted by Crippen LogP contribution is -2.60. The van der Waals surface area contributed by atoms with Crippen LogP contribution in [0.2, 0.25) is 0 Å². The van der Waals surface area contributed by atoms with Gasteiger partial charge in [-0.1, -0.05) is 74.6 Å². The van der Waals surface area contributed by atoms with Gasteiger partial charge in [0.2, 0.25) is 17.7 Å². The van der Waals surface area contributed by atoms with E-state index in [1.165, 1.54) is 11.3 Å². The zero-order chi connectivity index (χ0) is 56.9. The SMILES string of the molecule is Cc1cc(OCCCN2C[C@@H](C)N(CC(=O)N3CCN(c4cccc5c(C6CCC(=O)NC6=O)nn(C)c45)CC3)[C@@H](C)C2)ccc1-c1c(C(C)(C)C)cc(N2CCc3cccc(C(=O)Nc4nc5ccccc5s4)c3C2)nc1C(=O)O. The van der Waals surface area contributed by atoms with Crippen molar-refractivity contribution in [3.8, 4) is 16.9 Å². The van der Waals surface area contributed by atoms with Crippen molar-refractivity contribution in [3.63, 3.8) is 0 Å². The van der Waals surface area contributed by atoms with Gasteiger partial charge in [-0.15, -0.1) is 0 Å². The van der Waals surface area contributed by atoms with E-state index in [9.17, 15) is 29.1 Å². The quantitative estimate of drug-likeness (QED) is 0.0693. The van der Waals surface area contributed by atoms with Gasteiger partial charge in [-0.25, -0.2) is 14.8 Å². The Morgan fingerprint density at radius 1 is 0.877 bits per heavy atom. The first kappa shape index (κ1) is 55.2. The largest absolute Gasteiger partial charge is 0.494 e. The zero-order valence-corrected chi connectivity index (χ0v) is 48.1. The van der Waals surface area contributed by atoms with Crippen LogP contribution in [0.15, 0.2) is 84.9 Å². The summed E-state index contributed by atoms with van der Waals surface area (Å²) in [6.45, 7) is 19.7. The average Bonchev–Trinajstić information content (AvgIpc) is 4.20. The number of pyridine rings is 1. The number of hydrogen-bond acceptors (Lipinski definition) is 14. The minimum absolute atomic E-state index is 0.0193. The van der Waals surface area contributed by atoms with Crippen molar-refractivity contribution in [1.82, 2.24) is 39.8 Å². The molecule has 81 heavy (non-hydrogen) atoms. The molecule has 7 aromatic rings. The van der Waals surface area contributed by atoms with Crippen molar-refractivity contribution in [1.29, 1.82) is 0 Å². The van der Waals surface area contributed by atoms with Gasteiger partial charge < -0.3 is 29.4 Å². The minimum atomic E-state index is -1.11. The van der Waals surface area contributed by atoms with Gasteiger partial charge in [-0.05, 0) is 116 Å². The predicted octanol–water partition coefficient (Wildman–Crippen LogP) is 8.40. The summed E-state index contributed by atoms with van der Waals surface area (Å²) in [7, 11) is 1.89. The van der Waals surface area contributed by atoms with Gasteiger partial charge in [-0.2, -0.15) is 5.10 Å². The maximum Gasteiger partial charge on any atom is 0.355 e. The lowest BCUT2D eigenvalue weighted by Gasteiger charge is -2.45. The molecular formula is C62H71N11O7S. The molecule has 4 aliphatic rings. The van der Waals surface area contributed by atoms with E-state index in [0.29, 0.717) is 105 Å². The number of benzene rings is 4. The minimum Gasteiger partial charge on any atom is -0.494 e. The van der Waals surface area contributed by atoms with Crippen LogP contribution in [-0.2, 0) is 39.8 Å². The molecule has 4 aliphatic heterocycles. The smallest absolute Gasteiger partial charge is 0.355 e. The van der Waals surface area contributed by atoms with Crippen LogP contribution in [0.1, 0.15) is 109 Å². The van der Waals surface area contributed by atoms with E-state index in [1.54, 1.807) is 0 Å². The molecule has 0 aliphatic carbocycles. The Bertz CT molecular complexity index is 3550. The number of anilines is 3. The molecule has 7 heterocycles. The number of carbonyl (C=O) groups is 5. The zero-order valence-electron chi connectivity index (χ0n) is 47.3. The molecule has 18 nitrogen and oxygen atoms in total. The van der Waals surface area contributed by atoms with Gasteiger partial charge in [0.25, 0.3) is 5.91 Å². The van der Waals surface area contributed by atoms with Crippen molar-refractivity contribution in [2.24, 2.45) is 7.05 Å². The molecule has 422 valence electrons. The first-order chi connectivity index (χ1) is 38.9. The molecule has 19 heteroatoms. The fraction of sp³-hybridized carbons (Fsp3) is 0.419. The lowest BCUT2D eigenvalue weighted by atomic mass is 9.80. The fourth-order valence-corrected chi connectivity index (χ4v) is 13.4. The third-order valence-electron chi connectivity index (χ3n) is 16.6. The van der Waals surface area contributed by atoms with Crippen LogP contribution < -0.4 is 25.2 Å². The third kappa shape index (κ3) is 11.4. The van der Waals surface area contributed by atoms with Gasteiger partial charge in [0, 0.05) is 101 Å². The number of ether oxygens (including phenoxy) is 1. The van der Waals surface area contributed by atoms with Gasteiger partial charge in [0.15, 0.2) is 10.8 Å². The number of nitrogens with zero attached hydrogens (tertiary/aromatic N) is 9. The number of carbonyl (C=O) groups excluding carboxylic acids is 4. The standard InChI is InChI=1S/C62H71N11O7S/c1-37-31-41(19-20-42(37)54-47(62(4,5)6)32-51(64-56(54)60(78)79)72-25-23-40-13-10-14-43(46(40)35-72)58(76)66-61-63-48-16-8-9-18-50(48)81-61)80-30-12-24-69-33-38(2)73(39(3)34-69)36-53(75)71-28-26-70(27-29-71)49-17-11-15-44-55(67-68(7)57(44)49)45-21-22-52(74)65-59(45)77/h8-11,13-20,31-32,38-39,45H,12,21-30,33-36H2,1-7H3,(H,78,79)(H,63,66,76)(H,65,74,77)/t38-,39+,45?. The van der Waals surface area contributed by atoms with Crippen LogP contribution in [0.5, 0.6) is 5.75 Å². The van der Waals surface area contributed by atoms with E-state index in [0.717, 1.165) is 80.7 Å². The summed E-state index contributed by atoms with van der Waals surface area (Å²) in [6.07, 6.45) is 2.21. The normalized spacial score (nSPS) is 19.2. The molecule has 3 N–H and O–H groups in total. The molecule has 3 fully saturated rings. The highest BCUT2D eigenvalue weighted by Gasteiger charge is 2.36. The van der Waals surface area contributed by atoms with E-state index in [2.05, 4.69) is 82.0 Å². The molecule has 0 radical (unpaired) electrons. The van der Waals surface area contributed by atoms with Crippen molar-refractivity contribution in [2.45, 2.75) is 97.2 Å². The summed E-state index contributed by atoms with van der Waals surface area (Å²) in [4.78, 5) is 86.2. The third-order valence-corrected chi connectivity index (χ3v) is 17.6. The topological polar surface area (TPSA) is 199 Å². The van der Waals surface area contributed by atoms with Crippen molar-refractivity contribution in [3.05, 3.63) is 124 Å². The first-order valence-electron chi connectivity index (χ1n) is 28.2. The van der Waals surface area contributed by atoms with Crippen LogP contribution in [0.3, 0.4) is 0 Å². The number of aromatic carboxylic acids is 1. The van der Waals surface area contributed by atoms with Crippen molar-refractivity contribution >= 4 is 78.7 Å². The number of para-hydroxylation sites is 2. The van der Waals surface area contributed by atoms with Gasteiger partial charge in [-0.3, -0.25) is 39.4 Å². The summed E-state index contributed by atoms with van der Waals surface area (Å²) < 4.78 is 9.17. The van der Waals surface area contributed by atoms with Crippen molar-refractivity contribution in [2.75, 3.05) is 80.6 Å². The Morgan fingerprint density at radius 2 is 1.64 bits per heavy atom. The molecule has 3 saturated heterocycles. The lowest BCUT2D eigenvalue weighted by molar-refractivity contribution is -0.135. The average molecular weight is 1110 g/mol. The van der Waals surface area contributed by atoms with E-state index >= 15 is 0 Å². The number of hydrogen-bond donors (Lipinski definition) is 3. The molecule has 0 spiro atoms. The maximum atomic E-state index is 13.9. The second-order valence-electron chi connectivity index (χ2n) is 23.2. The molecule has 1 unspecified atom stereocenters. The number of fused-ring (bicyclic) bond motifs is 3. The molecule has 0 bridgehead atoms.